The van der Waals surface area contributed by atoms with Crippen LogP contribution in [-0.2, 0) is 23.8 Å². The lowest BCUT2D eigenvalue weighted by atomic mass is 9.84. The van der Waals surface area contributed by atoms with E-state index in [1.807, 2.05) is 0 Å². The normalized spacial score (nSPS) is 34.3. The molecular formula is C19H32N2O11. The fourth-order valence-corrected chi connectivity index (χ4v) is 3.87. The number of hydrogen-bond acceptors (Lipinski definition) is 12. The van der Waals surface area contributed by atoms with E-state index in [1.54, 1.807) is 0 Å². The Hall–Kier alpha value is -1.84. The van der Waals surface area contributed by atoms with Crippen molar-refractivity contribution < 1.29 is 54.4 Å². The van der Waals surface area contributed by atoms with Crippen molar-refractivity contribution in [2.24, 2.45) is 5.73 Å². The van der Waals surface area contributed by atoms with Gasteiger partial charge in [-0.15, -0.1) is 0 Å². The number of aliphatic hydroxyl groups is 6. The monoisotopic (exact) mass is 464 g/mol. The highest BCUT2D eigenvalue weighted by molar-refractivity contribution is 5.96. The number of aliphatic hydroxyl groups excluding tert-OH is 6. The molecule has 32 heavy (non-hydrogen) atoms. The number of rotatable bonds is 11. The van der Waals surface area contributed by atoms with Gasteiger partial charge in [0, 0.05) is 25.3 Å². The van der Waals surface area contributed by atoms with Gasteiger partial charge in [-0.1, -0.05) is 0 Å². The van der Waals surface area contributed by atoms with Gasteiger partial charge in [-0.2, -0.15) is 0 Å². The summed E-state index contributed by atoms with van der Waals surface area (Å²) in [7, 11) is 1.28. The molecule has 1 saturated heterocycles. The van der Waals surface area contributed by atoms with Crippen molar-refractivity contribution in [1.29, 1.82) is 0 Å². The number of amides is 1. The summed E-state index contributed by atoms with van der Waals surface area (Å²) in [6.07, 6.45) is -8.15. The maximum absolute atomic E-state index is 12.8. The average molecular weight is 464 g/mol. The second-order valence-electron chi connectivity index (χ2n) is 7.97. The van der Waals surface area contributed by atoms with Crippen molar-refractivity contribution in [2.75, 3.05) is 26.9 Å². The second-order valence-corrected chi connectivity index (χ2v) is 7.97. The lowest BCUT2D eigenvalue weighted by Gasteiger charge is -2.46. The van der Waals surface area contributed by atoms with Crippen LogP contribution >= 0.6 is 0 Å². The quantitative estimate of drug-likeness (QED) is 0.146. The molecule has 2 rings (SSSR count). The van der Waals surface area contributed by atoms with Gasteiger partial charge in [-0.25, -0.2) is 0 Å². The number of nitrogens with one attached hydrogen (secondary N) is 1. The predicted octanol–water partition coefficient (Wildman–Crippen LogP) is -4.03. The Labute approximate surface area is 184 Å². The van der Waals surface area contributed by atoms with Gasteiger partial charge in [0.05, 0.1) is 32.6 Å². The molecule has 1 fully saturated rings. The molecule has 13 nitrogen and oxygen atoms in total. The van der Waals surface area contributed by atoms with Crippen LogP contribution in [0, 0.1) is 0 Å². The van der Waals surface area contributed by atoms with E-state index in [9.17, 15) is 40.2 Å². The summed E-state index contributed by atoms with van der Waals surface area (Å²) in [6, 6.07) is -0.657. The maximum Gasteiger partial charge on any atom is 0.217 e. The lowest BCUT2D eigenvalue weighted by Crippen LogP contribution is -2.62. The van der Waals surface area contributed by atoms with Gasteiger partial charge >= 0.3 is 0 Å². The number of carbonyl (C=O) groups is 2. The molecule has 2 aliphatic rings. The number of methoxy groups -OCH3 is 1. The summed E-state index contributed by atoms with van der Waals surface area (Å²) >= 11 is 0. The number of Topliss-reactive ketones (excluding diaryl/α,β-unsaturated/α-hetero) is 1. The number of hydrogen-bond donors (Lipinski definition) is 8. The van der Waals surface area contributed by atoms with E-state index in [0.29, 0.717) is 0 Å². The fraction of sp³-hybridized carbons (Fsp3) is 0.789. The zero-order valence-corrected chi connectivity index (χ0v) is 17.7. The second kappa shape index (κ2) is 11.3. The Bertz CT molecular complexity index is 701. The molecule has 0 aromatic rings. The lowest BCUT2D eigenvalue weighted by molar-refractivity contribution is -0.312. The molecule has 0 spiro atoms. The smallest absolute Gasteiger partial charge is 0.217 e. The number of allylic oxidation sites excluding steroid dienone is 1. The van der Waals surface area contributed by atoms with Crippen molar-refractivity contribution in [3.63, 3.8) is 0 Å². The van der Waals surface area contributed by atoms with Gasteiger partial charge in [0.15, 0.2) is 12.0 Å². The van der Waals surface area contributed by atoms with Crippen LogP contribution in [0.25, 0.3) is 0 Å². The molecular weight excluding hydrogens is 432 g/mol. The molecule has 1 amide bonds. The minimum absolute atomic E-state index is 0.0204. The predicted molar refractivity (Wildman–Crippen MR) is 105 cm³/mol. The molecule has 184 valence electrons. The zero-order chi connectivity index (χ0) is 24.1. The van der Waals surface area contributed by atoms with Crippen LogP contribution in [0.3, 0.4) is 0 Å². The number of ether oxygens (including phenoxy) is 3. The Balaban J connectivity index is 2.29. The highest BCUT2D eigenvalue weighted by Crippen LogP contribution is 2.36. The van der Waals surface area contributed by atoms with Crippen LogP contribution in [0.2, 0.25) is 0 Å². The third-order valence-corrected chi connectivity index (χ3v) is 5.56. The molecule has 9 N–H and O–H groups in total. The first kappa shape index (κ1) is 26.4. The minimum atomic E-state index is -1.76. The highest BCUT2D eigenvalue weighted by atomic mass is 16.7. The molecule has 1 aliphatic heterocycles. The SMILES string of the molecule is COC1=C(N[C@H](CO)CCC(N)=O)CC(CO)(O[C@H]2[C@H](O)[C@@H](O)[C@@H](O)O[C@@H]2CO)CC1=O. The average Bonchev–Trinajstić information content (AvgIpc) is 2.76. The summed E-state index contributed by atoms with van der Waals surface area (Å²) in [5.74, 6) is -1.17. The van der Waals surface area contributed by atoms with E-state index < -0.39 is 67.3 Å². The molecule has 1 aliphatic carbocycles. The molecule has 13 heteroatoms. The van der Waals surface area contributed by atoms with Crippen LogP contribution < -0.4 is 11.1 Å². The van der Waals surface area contributed by atoms with Gasteiger partial charge in [0.25, 0.3) is 0 Å². The van der Waals surface area contributed by atoms with Gasteiger partial charge in [-0.3, -0.25) is 9.59 Å². The van der Waals surface area contributed by atoms with Crippen LogP contribution in [0.5, 0.6) is 0 Å². The number of primary amides is 1. The number of carbonyl (C=O) groups excluding carboxylic acids is 2. The zero-order valence-electron chi connectivity index (χ0n) is 17.7. The van der Waals surface area contributed by atoms with E-state index in [4.69, 9.17) is 19.9 Å². The van der Waals surface area contributed by atoms with Crippen molar-refractivity contribution in [3.05, 3.63) is 11.5 Å². The van der Waals surface area contributed by atoms with Gasteiger partial charge in [0.2, 0.25) is 11.7 Å². The summed E-state index contributed by atoms with van der Waals surface area (Å²) in [4.78, 5) is 23.8. The van der Waals surface area contributed by atoms with E-state index in [1.165, 1.54) is 7.11 Å². The van der Waals surface area contributed by atoms with E-state index >= 15 is 0 Å². The highest BCUT2D eigenvalue weighted by Gasteiger charge is 2.50. The topological polar surface area (TPSA) is 221 Å². The van der Waals surface area contributed by atoms with Crippen LogP contribution in [0.4, 0.5) is 0 Å². The first-order valence-electron chi connectivity index (χ1n) is 10.2. The first-order valence-corrected chi connectivity index (χ1v) is 10.2. The van der Waals surface area contributed by atoms with E-state index in [-0.39, 0.29) is 43.7 Å². The third-order valence-electron chi connectivity index (χ3n) is 5.56. The minimum Gasteiger partial charge on any atom is -0.491 e. The molecule has 0 aromatic heterocycles. The van der Waals surface area contributed by atoms with Gasteiger partial charge in [-0.05, 0) is 6.42 Å². The molecule has 1 unspecified atom stereocenters. The van der Waals surface area contributed by atoms with Crippen LogP contribution in [-0.4, -0.2) is 112 Å². The molecule has 1 heterocycles. The van der Waals surface area contributed by atoms with E-state index in [0.717, 1.165) is 0 Å². The molecule has 0 bridgehead atoms. The molecule has 7 atom stereocenters. The largest absolute Gasteiger partial charge is 0.491 e. The van der Waals surface area contributed by atoms with Crippen molar-refractivity contribution in [1.82, 2.24) is 5.32 Å². The number of nitrogens with two attached hydrogens (primary N) is 1. The molecule has 0 radical (unpaired) electrons. The standard InChI is InChI=1S/C19H32N2O11/c1-30-16-10(21-9(6-22)2-3-13(20)26)4-19(8-24,5-11(16)25)32-17-12(7-23)31-18(29)15(28)14(17)27/h9,12,14-15,17-18,21-24,27-29H,2-8H2,1H3,(H2,20,26)/t9-,12+,14+,15+,17+,18-,19?/m0/s1. The third kappa shape index (κ3) is 5.94. The van der Waals surface area contributed by atoms with Crippen molar-refractivity contribution in [3.8, 4) is 0 Å². The van der Waals surface area contributed by atoms with Crippen LogP contribution in [0.1, 0.15) is 25.7 Å². The Morgan fingerprint density at radius 2 is 1.94 bits per heavy atom. The van der Waals surface area contributed by atoms with Crippen molar-refractivity contribution in [2.45, 2.75) is 68.0 Å². The fourth-order valence-electron chi connectivity index (χ4n) is 3.87. The van der Waals surface area contributed by atoms with E-state index in [2.05, 4.69) is 5.32 Å². The Morgan fingerprint density at radius 1 is 1.25 bits per heavy atom. The van der Waals surface area contributed by atoms with Gasteiger partial charge in [0.1, 0.15) is 30.0 Å². The molecule has 0 saturated carbocycles. The number of ketones is 1. The van der Waals surface area contributed by atoms with Crippen molar-refractivity contribution >= 4 is 11.7 Å². The summed E-state index contributed by atoms with van der Waals surface area (Å²) < 4.78 is 16.1. The summed E-state index contributed by atoms with van der Waals surface area (Å²) in [5, 5.41) is 62.2. The summed E-state index contributed by atoms with van der Waals surface area (Å²) in [6.45, 7) is -1.75. The summed E-state index contributed by atoms with van der Waals surface area (Å²) in [5.41, 5.74) is 3.73. The maximum atomic E-state index is 12.8. The molecule has 0 aromatic carbocycles. The van der Waals surface area contributed by atoms with Crippen LogP contribution in [0.15, 0.2) is 11.5 Å². The van der Waals surface area contributed by atoms with Gasteiger partial charge < -0.3 is 55.9 Å². The Kier molecular flexibility index (Phi) is 9.36. The Morgan fingerprint density at radius 3 is 2.47 bits per heavy atom. The first-order chi connectivity index (χ1) is 15.1.